The SMILES string of the molecule is C[C@H]1CN(C2CCOCC2)CCN1C(=O)NCc1cccc(C(F)(F)F)n1. The molecule has 0 saturated carbocycles. The average Bonchev–Trinajstić information content (AvgIpc) is 2.66. The summed E-state index contributed by atoms with van der Waals surface area (Å²) in [6.45, 7) is 5.71. The zero-order chi connectivity index (χ0) is 19.4. The first kappa shape index (κ1) is 19.9. The molecule has 27 heavy (non-hydrogen) atoms. The van der Waals surface area contributed by atoms with Crippen molar-refractivity contribution < 1.29 is 22.7 Å². The van der Waals surface area contributed by atoms with E-state index in [2.05, 4.69) is 15.2 Å². The van der Waals surface area contributed by atoms with Crippen molar-refractivity contribution in [2.24, 2.45) is 0 Å². The average molecular weight is 386 g/mol. The van der Waals surface area contributed by atoms with Gasteiger partial charge in [0, 0.05) is 44.9 Å². The maximum atomic E-state index is 12.7. The number of nitrogens with zero attached hydrogens (tertiary/aromatic N) is 3. The van der Waals surface area contributed by atoms with E-state index < -0.39 is 11.9 Å². The second-order valence-electron chi connectivity index (χ2n) is 7.05. The minimum Gasteiger partial charge on any atom is -0.381 e. The predicted octanol–water partition coefficient (Wildman–Crippen LogP) is 2.50. The van der Waals surface area contributed by atoms with Gasteiger partial charge in [-0.25, -0.2) is 9.78 Å². The van der Waals surface area contributed by atoms with Gasteiger partial charge in [0.1, 0.15) is 5.69 Å². The number of carbonyl (C=O) groups is 1. The van der Waals surface area contributed by atoms with Gasteiger partial charge in [0.05, 0.1) is 12.2 Å². The lowest BCUT2D eigenvalue weighted by atomic mass is 10.0. The highest BCUT2D eigenvalue weighted by molar-refractivity contribution is 5.74. The Morgan fingerprint density at radius 2 is 2.04 bits per heavy atom. The van der Waals surface area contributed by atoms with Gasteiger partial charge in [-0.15, -0.1) is 0 Å². The molecular weight excluding hydrogens is 361 g/mol. The number of urea groups is 1. The van der Waals surface area contributed by atoms with E-state index in [1.807, 2.05) is 6.92 Å². The lowest BCUT2D eigenvalue weighted by molar-refractivity contribution is -0.141. The summed E-state index contributed by atoms with van der Waals surface area (Å²) in [4.78, 5) is 20.2. The molecule has 0 aromatic carbocycles. The van der Waals surface area contributed by atoms with E-state index in [4.69, 9.17) is 4.74 Å². The third-order valence-corrected chi connectivity index (χ3v) is 5.14. The van der Waals surface area contributed by atoms with Crippen LogP contribution in [0.5, 0.6) is 0 Å². The van der Waals surface area contributed by atoms with Gasteiger partial charge in [0.2, 0.25) is 0 Å². The lowest BCUT2D eigenvalue weighted by Crippen LogP contribution is -2.58. The molecular formula is C18H25F3N4O2. The molecule has 1 aromatic rings. The first-order valence-electron chi connectivity index (χ1n) is 9.24. The van der Waals surface area contributed by atoms with Crippen LogP contribution < -0.4 is 5.32 Å². The van der Waals surface area contributed by atoms with E-state index in [1.165, 1.54) is 12.1 Å². The zero-order valence-corrected chi connectivity index (χ0v) is 15.3. The molecule has 2 fully saturated rings. The molecule has 1 aromatic heterocycles. The van der Waals surface area contributed by atoms with Crippen molar-refractivity contribution in [1.82, 2.24) is 20.1 Å². The van der Waals surface area contributed by atoms with Crippen LogP contribution >= 0.6 is 0 Å². The number of hydrogen-bond acceptors (Lipinski definition) is 4. The van der Waals surface area contributed by atoms with Crippen molar-refractivity contribution in [2.45, 2.75) is 44.6 Å². The van der Waals surface area contributed by atoms with Gasteiger partial charge in [0.25, 0.3) is 0 Å². The number of rotatable bonds is 3. The quantitative estimate of drug-likeness (QED) is 0.867. The van der Waals surface area contributed by atoms with Gasteiger partial charge in [-0.3, -0.25) is 4.90 Å². The number of nitrogens with one attached hydrogen (secondary N) is 1. The number of amides is 2. The standard InChI is InChI=1S/C18H25F3N4O2/c1-13-12-24(15-5-9-27-10-6-15)7-8-25(13)17(26)22-11-14-3-2-4-16(23-14)18(19,20)21/h2-4,13,15H,5-12H2,1H3,(H,22,26)/t13-/m0/s1. The lowest BCUT2D eigenvalue weighted by Gasteiger charge is -2.44. The molecule has 0 radical (unpaired) electrons. The summed E-state index contributed by atoms with van der Waals surface area (Å²) in [6.07, 6.45) is -2.46. The number of aromatic nitrogens is 1. The fourth-order valence-corrected chi connectivity index (χ4v) is 3.67. The summed E-state index contributed by atoms with van der Waals surface area (Å²) in [5, 5.41) is 2.69. The van der Waals surface area contributed by atoms with Crippen LogP contribution in [0.3, 0.4) is 0 Å². The molecule has 2 aliphatic rings. The van der Waals surface area contributed by atoms with E-state index in [0.29, 0.717) is 12.6 Å². The Morgan fingerprint density at radius 3 is 2.70 bits per heavy atom. The van der Waals surface area contributed by atoms with Crippen LogP contribution in [-0.4, -0.2) is 65.7 Å². The van der Waals surface area contributed by atoms with Crippen molar-refractivity contribution in [3.63, 3.8) is 0 Å². The predicted molar refractivity (Wildman–Crippen MR) is 93.1 cm³/mol. The van der Waals surface area contributed by atoms with Crippen LogP contribution in [0.25, 0.3) is 0 Å². The van der Waals surface area contributed by atoms with E-state index in [-0.39, 0.29) is 24.3 Å². The Morgan fingerprint density at radius 1 is 1.30 bits per heavy atom. The third-order valence-electron chi connectivity index (χ3n) is 5.14. The Kier molecular flexibility index (Phi) is 6.21. The summed E-state index contributed by atoms with van der Waals surface area (Å²) < 4.78 is 43.6. The van der Waals surface area contributed by atoms with Crippen LogP contribution in [0.2, 0.25) is 0 Å². The highest BCUT2D eigenvalue weighted by atomic mass is 19.4. The summed E-state index contributed by atoms with van der Waals surface area (Å²) in [5.41, 5.74) is -0.764. The van der Waals surface area contributed by atoms with Gasteiger partial charge in [-0.05, 0) is 31.9 Å². The Bertz CT molecular complexity index is 650. The molecule has 0 aliphatic carbocycles. The molecule has 2 saturated heterocycles. The van der Waals surface area contributed by atoms with Crippen molar-refractivity contribution in [3.05, 3.63) is 29.6 Å². The summed E-state index contributed by atoms with van der Waals surface area (Å²) >= 11 is 0. The fourth-order valence-electron chi connectivity index (χ4n) is 3.67. The molecule has 0 unspecified atom stereocenters. The summed E-state index contributed by atoms with van der Waals surface area (Å²) in [5.74, 6) is 0. The van der Waals surface area contributed by atoms with Crippen LogP contribution in [0.4, 0.5) is 18.0 Å². The van der Waals surface area contributed by atoms with Gasteiger partial charge >= 0.3 is 12.2 Å². The van der Waals surface area contributed by atoms with Crippen LogP contribution in [0.15, 0.2) is 18.2 Å². The molecule has 2 amide bonds. The third kappa shape index (κ3) is 5.10. The van der Waals surface area contributed by atoms with E-state index >= 15 is 0 Å². The molecule has 150 valence electrons. The maximum Gasteiger partial charge on any atom is 0.433 e. The van der Waals surface area contributed by atoms with E-state index in [0.717, 1.165) is 45.2 Å². The second-order valence-corrected chi connectivity index (χ2v) is 7.05. The molecule has 3 heterocycles. The Balaban J connectivity index is 1.51. The first-order valence-corrected chi connectivity index (χ1v) is 9.24. The molecule has 0 spiro atoms. The maximum absolute atomic E-state index is 12.7. The molecule has 3 rings (SSSR count). The number of ether oxygens (including phenoxy) is 1. The van der Waals surface area contributed by atoms with Crippen molar-refractivity contribution in [1.29, 1.82) is 0 Å². The molecule has 1 N–H and O–H groups in total. The highest BCUT2D eigenvalue weighted by Crippen LogP contribution is 2.27. The van der Waals surface area contributed by atoms with E-state index in [9.17, 15) is 18.0 Å². The van der Waals surface area contributed by atoms with Crippen LogP contribution in [0, 0.1) is 0 Å². The van der Waals surface area contributed by atoms with Crippen molar-refractivity contribution in [2.75, 3.05) is 32.8 Å². The van der Waals surface area contributed by atoms with Gasteiger partial charge in [-0.1, -0.05) is 6.07 Å². The summed E-state index contributed by atoms with van der Waals surface area (Å²) in [6, 6.07) is 3.96. The number of halogens is 3. The number of hydrogen-bond donors (Lipinski definition) is 1. The second kappa shape index (κ2) is 8.43. The van der Waals surface area contributed by atoms with E-state index in [1.54, 1.807) is 4.90 Å². The van der Waals surface area contributed by atoms with Gasteiger partial charge in [-0.2, -0.15) is 13.2 Å². The van der Waals surface area contributed by atoms with Crippen molar-refractivity contribution in [3.8, 4) is 0 Å². The van der Waals surface area contributed by atoms with Crippen molar-refractivity contribution >= 4 is 6.03 Å². The topological polar surface area (TPSA) is 57.7 Å². The van der Waals surface area contributed by atoms with Crippen LogP contribution in [-0.2, 0) is 17.5 Å². The minimum absolute atomic E-state index is 0.0321. The normalized spacial score (nSPS) is 22.7. The first-order chi connectivity index (χ1) is 12.8. The molecule has 9 heteroatoms. The number of alkyl halides is 3. The Labute approximate surface area is 156 Å². The monoisotopic (exact) mass is 386 g/mol. The Hall–Kier alpha value is -1.87. The molecule has 6 nitrogen and oxygen atoms in total. The number of piperazine rings is 1. The van der Waals surface area contributed by atoms with Crippen LogP contribution in [0.1, 0.15) is 31.2 Å². The largest absolute Gasteiger partial charge is 0.433 e. The fraction of sp³-hybridized carbons (Fsp3) is 0.667. The molecule has 1 atom stereocenters. The highest BCUT2D eigenvalue weighted by Gasteiger charge is 2.33. The smallest absolute Gasteiger partial charge is 0.381 e. The van der Waals surface area contributed by atoms with Gasteiger partial charge < -0.3 is 15.0 Å². The summed E-state index contributed by atoms with van der Waals surface area (Å²) in [7, 11) is 0. The zero-order valence-electron chi connectivity index (χ0n) is 15.3. The van der Waals surface area contributed by atoms with Gasteiger partial charge in [0.15, 0.2) is 0 Å². The number of pyridine rings is 1. The molecule has 0 bridgehead atoms. The molecule has 2 aliphatic heterocycles. The minimum atomic E-state index is -4.49. The number of carbonyl (C=O) groups excluding carboxylic acids is 1.